The molecule has 232 valence electrons. The number of carbonyl (C=O) groups excluding carboxylic acids is 4. The second-order valence-corrected chi connectivity index (χ2v) is 12.9. The minimum Gasteiger partial charge on any atom is -0.363 e. The summed E-state index contributed by atoms with van der Waals surface area (Å²) < 4.78 is 0. The number of carbonyl (C=O) groups is 4. The van der Waals surface area contributed by atoms with Crippen molar-refractivity contribution < 1.29 is 19.2 Å². The van der Waals surface area contributed by atoms with Crippen LogP contribution in [0, 0.1) is 10.8 Å². The van der Waals surface area contributed by atoms with Crippen LogP contribution in [0.25, 0.3) is 0 Å². The molecular formula is C27H48N8O4S2. The molecule has 0 aromatic heterocycles. The molecule has 2 fully saturated rings. The van der Waals surface area contributed by atoms with Gasteiger partial charge in [0.1, 0.15) is 13.1 Å². The number of nitrogens with one attached hydrogen (secondary N) is 4. The molecule has 0 aromatic rings. The fourth-order valence-corrected chi connectivity index (χ4v) is 5.06. The van der Waals surface area contributed by atoms with Gasteiger partial charge in [-0.2, -0.15) is 0 Å². The van der Waals surface area contributed by atoms with Crippen molar-refractivity contribution in [2.45, 2.75) is 60.8 Å². The zero-order valence-corrected chi connectivity index (χ0v) is 27.1. The number of rotatable bonds is 16. The molecule has 12 nitrogen and oxygen atoms in total. The Labute approximate surface area is 255 Å². The maximum Gasteiger partial charge on any atom is 0.327 e. The molecule has 0 saturated carbocycles. The van der Waals surface area contributed by atoms with Gasteiger partial charge in [-0.05, 0) is 68.4 Å². The van der Waals surface area contributed by atoms with Gasteiger partial charge in [-0.15, -0.1) is 0 Å². The van der Waals surface area contributed by atoms with Crippen LogP contribution < -0.4 is 21.3 Å². The van der Waals surface area contributed by atoms with Gasteiger partial charge in [-0.3, -0.25) is 19.4 Å². The second-order valence-electron chi connectivity index (χ2n) is 12.1. The Kier molecular flexibility index (Phi) is 13.0. The largest absolute Gasteiger partial charge is 0.363 e. The third-order valence-corrected chi connectivity index (χ3v) is 7.87. The van der Waals surface area contributed by atoms with Gasteiger partial charge in [0.2, 0.25) is 11.8 Å². The van der Waals surface area contributed by atoms with Gasteiger partial charge in [0.15, 0.2) is 10.2 Å². The third kappa shape index (κ3) is 10.9. The lowest BCUT2D eigenvalue weighted by Gasteiger charge is -2.29. The van der Waals surface area contributed by atoms with Crippen molar-refractivity contribution in [2.24, 2.45) is 10.8 Å². The summed E-state index contributed by atoms with van der Waals surface area (Å²) in [6, 6.07) is -0.418. The molecule has 0 aromatic carbocycles. The van der Waals surface area contributed by atoms with Crippen molar-refractivity contribution >= 4 is 58.5 Å². The van der Waals surface area contributed by atoms with Crippen LogP contribution in [0.15, 0.2) is 0 Å². The zero-order chi connectivity index (χ0) is 30.8. The van der Waals surface area contributed by atoms with Crippen LogP contribution in [0.3, 0.4) is 0 Å². The molecule has 2 saturated heterocycles. The second kappa shape index (κ2) is 15.5. The van der Waals surface area contributed by atoms with Crippen LogP contribution >= 0.6 is 24.4 Å². The van der Waals surface area contributed by atoms with E-state index in [1.165, 1.54) is 9.80 Å². The molecule has 2 aliphatic heterocycles. The van der Waals surface area contributed by atoms with Crippen LogP contribution in [0.1, 0.15) is 60.8 Å². The number of hydrogen-bond donors (Lipinski definition) is 4. The van der Waals surface area contributed by atoms with Crippen molar-refractivity contribution in [2.75, 3.05) is 65.4 Å². The molecule has 0 aliphatic carbocycles. The van der Waals surface area contributed by atoms with E-state index < -0.39 is 0 Å². The molecule has 0 unspecified atom stereocenters. The highest BCUT2D eigenvalue weighted by atomic mass is 32.1. The van der Waals surface area contributed by atoms with Crippen LogP contribution in [-0.2, 0) is 9.59 Å². The number of hydrogen-bond acceptors (Lipinski definition) is 6. The van der Waals surface area contributed by atoms with E-state index in [1.807, 2.05) is 41.5 Å². The average Bonchev–Trinajstić information content (AvgIpc) is 3.31. The maximum atomic E-state index is 12.4. The van der Waals surface area contributed by atoms with Crippen LogP contribution in [-0.4, -0.2) is 119 Å². The van der Waals surface area contributed by atoms with Crippen LogP contribution in [0.2, 0.25) is 0 Å². The first-order chi connectivity index (χ1) is 19.2. The summed E-state index contributed by atoms with van der Waals surface area (Å²) in [6.07, 6.45) is 2.30. The average molecular weight is 613 g/mol. The van der Waals surface area contributed by atoms with E-state index in [4.69, 9.17) is 24.4 Å². The highest BCUT2D eigenvalue weighted by Crippen LogP contribution is 2.25. The highest BCUT2D eigenvalue weighted by Gasteiger charge is 2.39. The Bertz CT molecular complexity index is 914. The van der Waals surface area contributed by atoms with Crippen molar-refractivity contribution in [1.82, 2.24) is 40.9 Å². The molecule has 2 rings (SSSR count). The Morgan fingerprint density at radius 3 is 1.32 bits per heavy atom. The SMILES string of the molecule is CCN1CC(=O)N(CC(C)(C)CCNC(=S)NCCCNC(=S)NCCC(C)(C)CN2C(=O)CN(CC)C2=O)C1=O. The fraction of sp³-hybridized carbons (Fsp3) is 0.778. The van der Waals surface area contributed by atoms with Gasteiger partial charge in [0, 0.05) is 52.4 Å². The van der Waals surface area contributed by atoms with E-state index in [2.05, 4.69) is 21.3 Å². The number of imide groups is 2. The maximum absolute atomic E-state index is 12.4. The Hall–Kier alpha value is -2.74. The van der Waals surface area contributed by atoms with Crippen LogP contribution in [0.4, 0.5) is 9.59 Å². The predicted octanol–water partition coefficient (Wildman–Crippen LogP) is 1.71. The smallest absolute Gasteiger partial charge is 0.327 e. The van der Waals surface area contributed by atoms with E-state index in [9.17, 15) is 19.2 Å². The van der Waals surface area contributed by atoms with E-state index >= 15 is 0 Å². The lowest BCUT2D eigenvalue weighted by atomic mass is 9.88. The van der Waals surface area contributed by atoms with Crippen molar-refractivity contribution in [3.05, 3.63) is 0 Å². The van der Waals surface area contributed by atoms with E-state index in [0.717, 1.165) is 19.3 Å². The lowest BCUT2D eigenvalue weighted by molar-refractivity contribution is -0.127. The third-order valence-electron chi connectivity index (χ3n) is 7.29. The van der Waals surface area contributed by atoms with E-state index in [-0.39, 0.29) is 47.8 Å². The lowest BCUT2D eigenvalue weighted by Crippen LogP contribution is -2.43. The summed E-state index contributed by atoms with van der Waals surface area (Å²) in [5, 5.41) is 13.9. The quantitative estimate of drug-likeness (QED) is 0.116. The van der Waals surface area contributed by atoms with Crippen molar-refractivity contribution in [1.29, 1.82) is 0 Å². The van der Waals surface area contributed by atoms with Gasteiger partial charge in [-0.1, -0.05) is 27.7 Å². The minimum atomic E-state index is -0.237. The molecule has 14 heteroatoms. The molecule has 0 radical (unpaired) electrons. The topological polar surface area (TPSA) is 129 Å². The zero-order valence-electron chi connectivity index (χ0n) is 25.4. The monoisotopic (exact) mass is 612 g/mol. The Morgan fingerprint density at radius 2 is 1.00 bits per heavy atom. The fourth-order valence-electron chi connectivity index (χ4n) is 4.65. The minimum absolute atomic E-state index is 0.140. The van der Waals surface area contributed by atoms with Crippen molar-refractivity contribution in [3.8, 4) is 0 Å². The summed E-state index contributed by atoms with van der Waals surface area (Å²) in [6.45, 7) is 16.7. The van der Waals surface area contributed by atoms with E-state index in [1.54, 1.807) is 9.80 Å². The number of likely N-dealkylation sites (N-methyl/N-ethyl adjacent to an activating group) is 2. The summed E-state index contributed by atoms with van der Waals surface area (Å²) in [7, 11) is 0. The van der Waals surface area contributed by atoms with Gasteiger partial charge >= 0.3 is 12.1 Å². The number of thiocarbonyl (C=S) groups is 2. The standard InChI is InChI=1S/C27H48N8O4S2/c1-7-32-16-20(36)34(24(32)38)18-26(3,4)10-14-30-22(40)28-12-9-13-29-23(41)31-15-11-27(5,6)19-35-21(37)17-33(8-2)25(35)39/h7-19H2,1-6H3,(H2,28,30,40)(H2,29,31,41). The summed E-state index contributed by atoms with van der Waals surface area (Å²) in [4.78, 5) is 54.9. The Balaban J connectivity index is 1.54. The molecule has 41 heavy (non-hydrogen) atoms. The summed E-state index contributed by atoms with van der Waals surface area (Å²) in [5.41, 5.74) is -0.475. The molecule has 2 aliphatic rings. The molecule has 0 bridgehead atoms. The van der Waals surface area contributed by atoms with Gasteiger partial charge in [0.25, 0.3) is 0 Å². The van der Waals surface area contributed by atoms with Crippen molar-refractivity contribution in [3.63, 3.8) is 0 Å². The molecular weight excluding hydrogens is 564 g/mol. The van der Waals surface area contributed by atoms with Crippen LogP contribution in [0.5, 0.6) is 0 Å². The first-order valence-corrected chi connectivity index (χ1v) is 15.2. The molecule has 0 spiro atoms. The number of urea groups is 2. The predicted molar refractivity (Wildman–Crippen MR) is 167 cm³/mol. The number of nitrogens with zero attached hydrogens (tertiary/aromatic N) is 4. The van der Waals surface area contributed by atoms with Gasteiger partial charge in [-0.25, -0.2) is 9.59 Å². The molecule has 4 N–H and O–H groups in total. The number of amides is 6. The van der Waals surface area contributed by atoms with E-state index in [0.29, 0.717) is 62.6 Å². The first kappa shape index (κ1) is 34.5. The summed E-state index contributed by atoms with van der Waals surface area (Å²) in [5.74, 6) is -0.280. The summed E-state index contributed by atoms with van der Waals surface area (Å²) >= 11 is 10.7. The highest BCUT2D eigenvalue weighted by molar-refractivity contribution is 7.80. The first-order valence-electron chi connectivity index (χ1n) is 14.4. The van der Waals surface area contributed by atoms with Gasteiger partial charge in [0.05, 0.1) is 0 Å². The Morgan fingerprint density at radius 1 is 0.659 bits per heavy atom. The molecule has 0 atom stereocenters. The van der Waals surface area contributed by atoms with Gasteiger partial charge < -0.3 is 31.1 Å². The molecule has 2 heterocycles. The normalized spacial score (nSPS) is 16.1. The molecule has 6 amide bonds.